The Bertz CT molecular complexity index is 587. The zero-order valence-electron chi connectivity index (χ0n) is 18.1. The van der Waals surface area contributed by atoms with E-state index < -0.39 is 0 Å². The van der Waals surface area contributed by atoms with E-state index in [0.29, 0.717) is 29.5 Å². The summed E-state index contributed by atoms with van der Waals surface area (Å²) in [7, 11) is 1.85. The van der Waals surface area contributed by atoms with Crippen LogP contribution >= 0.6 is 24.0 Å². The Morgan fingerprint density at radius 2 is 1.86 bits per heavy atom. The molecule has 1 spiro atoms. The highest BCUT2D eigenvalue weighted by molar-refractivity contribution is 14.0. The van der Waals surface area contributed by atoms with Gasteiger partial charge in [-0.25, -0.2) is 0 Å². The molecule has 2 N–H and O–H groups in total. The normalized spacial score (nSPS) is 31.6. The predicted molar refractivity (Wildman–Crippen MR) is 127 cm³/mol. The van der Waals surface area contributed by atoms with Crippen LogP contribution in [0.25, 0.3) is 0 Å². The number of guanidine groups is 1. The molecule has 6 nitrogen and oxygen atoms in total. The first-order valence-corrected chi connectivity index (χ1v) is 11.6. The van der Waals surface area contributed by atoms with Gasteiger partial charge in [0.2, 0.25) is 5.91 Å². The van der Waals surface area contributed by atoms with Gasteiger partial charge in [-0.2, -0.15) is 0 Å². The summed E-state index contributed by atoms with van der Waals surface area (Å²) in [6.07, 6.45) is 12.2. The number of aliphatic imine (C=N–C) groups is 1. The van der Waals surface area contributed by atoms with Crippen LogP contribution in [0.1, 0.15) is 71.1 Å². The fraction of sp³-hybridized carbons (Fsp3) is 0.909. The number of nitrogens with zero attached hydrogens (tertiary/aromatic N) is 2. The van der Waals surface area contributed by atoms with Crippen LogP contribution in [-0.2, 0) is 9.53 Å². The molecular formula is C22H39IN4O2. The van der Waals surface area contributed by atoms with Gasteiger partial charge in [0.15, 0.2) is 5.96 Å². The first-order chi connectivity index (χ1) is 13.7. The lowest BCUT2D eigenvalue weighted by atomic mass is 9.60. The maximum atomic E-state index is 12.7. The molecule has 3 unspecified atom stereocenters. The molecule has 1 amide bonds. The molecule has 166 valence electrons. The Morgan fingerprint density at radius 3 is 2.52 bits per heavy atom. The van der Waals surface area contributed by atoms with E-state index in [0.717, 1.165) is 51.3 Å². The molecule has 1 saturated heterocycles. The number of likely N-dealkylation sites (tertiary alicyclic amines) is 1. The molecular weight excluding hydrogens is 479 g/mol. The number of carbonyl (C=O) groups is 1. The van der Waals surface area contributed by atoms with E-state index in [4.69, 9.17) is 4.74 Å². The van der Waals surface area contributed by atoms with Gasteiger partial charge in [-0.3, -0.25) is 9.79 Å². The molecule has 4 fully saturated rings. The summed E-state index contributed by atoms with van der Waals surface area (Å²) in [6, 6.07) is 0.759. The molecule has 4 aliphatic rings. The second-order valence-corrected chi connectivity index (χ2v) is 9.28. The average Bonchev–Trinajstić information content (AvgIpc) is 3.47. The van der Waals surface area contributed by atoms with Gasteiger partial charge in [-0.1, -0.05) is 25.7 Å². The molecule has 3 atom stereocenters. The van der Waals surface area contributed by atoms with Gasteiger partial charge in [-0.15, -0.1) is 24.0 Å². The van der Waals surface area contributed by atoms with Crippen molar-refractivity contribution in [2.45, 2.75) is 89.3 Å². The van der Waals surface area contributed by atoms with Crippen LogP contribution < -0.4 is 10.6 Å². The third-order valence-corrected chi connectivity index (χ3v) is 7.77. The lowest BCUT2D eigenvalue weighted by Crippen LogP contribution is -2.65. The molecule has 29 heavy (non-hydrogen) atoms. The quantitative estimate of drug-likeness (QED) is 0.333. The second kappa shape index (κ2) is 10.2. The molecule has 1 heterocycles. The van der Waals surface area contributed by atoms with E-state index in [1.807, 2.05) is 7.05 Å². The third-order valence-electron chi connectivity index (χ3n) is 7.77. The van der Waals surface area contributed by atoms with Crippen LogP contribution in [0.3, 0.4) is 0 Å². The lowest BCUT2D eigenvalue weighted by Gasteiger charge is -2.54. The number of hydrogen-bond donors (Lipinski definition) is 2. The number of rotatable bonds is 5. The Hall–Kier alpha value is -0.570. The van der Waals surface area contributed by atoms with E-state index in [2.05, 4.69) is 27.4 Å². The van der Waals surface area contributed by atoms with Crippen molar-refractivity contribution < 1.29 is 9.53 Å². The predicted octanol–water partition coefficient (Wildman–Crippen LogP) is 3.30. The van der Waals surface area contributed by atoms with Crippen LogP contribution in [0.15, 0.2) is 4.99 Å². The van der Waals surface area contributed by atoms with Gasteiger partial charge in [0.1, 0.15) is 0 Å². The molecule has 0 aromatic heterocycles. The van der Waals surface area contributed by atoms with E-state index in [9.17, 15) is 4.79 Å². The van der Waals surface area contributed by atoms with E-state index in [-0.39, 0.29) is 29.9 Å². The van der Waals surface area contributed by atoms with Crippen molar-refractivity contribution >= 4 is 35.8 Å². The van der Waals surface area contributed by atoms with Crippen molar-refractivity contribution in [1.29, 1.82) is 0 Å². The van der Waals surface area contributed by atoms with E-state index in [1.54, 1.807) is 0 Å². The molecule has 0 aromatic rings. The average molecular weight is 518 g/mol. The number of amides is 1. The maximum absolute atomic E-state index is 12.7. The summed E-state index contributed by atoms with van der Waals surface area (Å²) in [5.74, 6) is 1.56. The smallest absolute Gasteiger partial charge is 0.225 e. The molecule has 1 aliphatic heterocycles. The van der Waals surface area contributed by atoms with Crippen LogP contribution in [-0.4, -0.2) is 61.7 Å². The highest BCUT2D eigenvalue weighted by atomic mass is 127. The largest absolute Gasteiger partial charge is 0.378 e. The zero-order chi connectivity index (χ0) is 19.6. The summed E-state index contributed by atoms with van der Waals surface area (Å²) >= 11 is 0. The maximum Gasteiger partial charge on any atom is 0.225 e. The van der Waals surface area contributed by atoms with Crippen LogP contribution in [0, 0.1) is 11.3 Å². The van der Waals surface area contributed by atoms with Gasteiger partial charge in [-0.05, 0) is 45.4 Å². The molecule has 7 heteroatoms. The van der Waals surface area contributed by atoms with Crippen LogP contribution in [0.4, 0.5) is 0 Å². The molecule has 0 aromatic carbocycles. The highest BCUT2D eigenvalue weighted by Gasteiger charge is 2.57. The monoisotopic (exact) mass is 518 g/mol. The first kappa shape index (κ1) is 23.1. The van der Waals surface area contributed by atoms with Gasteiger partial charge in [0, 0.05) is 50.2 Å². The molecule has 4 rings (SSSR count). The number of hydrogen-bond acceptors (Lipinski definition) is 3. The Balaban J connectivity index is 0.00000240. The van der Waals surface area contributed by atoms with Crippen LogP contribution in [0.5, 0.6) is 0 Å². The number of halogens is 1. The summed E-state index contributed by atoms with van der Waals surface area (Å²) in [5.41, 5.74) is 0.299. The van der Waals surface area contributed by atoms with Crippen molar-refractivity contribution in [2.24, 2.45) is 16.3 Å². The molecule has 0 bridgehead atoms. The van der Waals surface area contributed by atoms with Crippen molar-refractivity contribution in [2.75, 3.05) is 26.7 Å². The van der Waals surface area contributed by atoms with Gasteiger partial charge >= 0.3 is 0 Å². The standard InChI is InChI=1S/C22H38N4O2.HI/c1-3-28-19-14-18(22(19)11-6-7-12-22)25-21(23-2)24-17-10-13-26(15-17)20(27)16-8-4-5-9-16;/h16-19H,3-15H2,1-2H3,(H2,23,24,25);1H. The van der Waals surface area contributed by atoms with Crippen molar-refractivity contribution in [3.05, 3.63) is 0 Å². The third kappa shape index (κ3) is 4.70. The molecule has 3 aliphatic carbocycles. The molecule has 3 saturated carbocycles. The SMILES string of the molecule is CCOC1CC(NC(=NC)NC2CCN(C(=O)C3CCCC3)C2)C12CCCC2.I. The zero-order valence-corrected chi connectivity index (χ0v) is 20.5. The number of ether oxygens (including phenoxy) is 1. The molecule has 0 radical (unpaired) electrons. The first-order valence-electron chi connectivity index (χ1n) is 11.6. The number of nitrogens with one attached hydrogen (secondary N) is 2. The fourth-order valence-corrected chi connectivity index (χ4v) is 6.13. The van der Waals surface area contributed by atoms with Crippen molar-refractivity contribution in [3.8, 4) is 0 Å². The second-order valence-electron chi connectivity index (χ2n) is 9.28. The Labute approximate surface area is 193 Å². The summed E-state index contributed by atoms with van der Waals surface area (Å²) in [4.78, 5) is 19.3. The Kier molecular flexibility index (Phi) is 8.09. The topological polar surface area (TPSA) is 66.0 Å². The van der Waals surface area contributed by atoms with Gasteiger partial charge in [0.05, 0.1) is 6.10 Å². The fourth-order valence-electron chi connectivity index (χ4n) is 6.13. The Morgan fingerprint density at radius 1 is 1.14 bits per heavy atom. The van der Waals surface area contributed by atoms with Crippen LogP contribution in [0.2, 0.25) is 0 Å². The minimum absolute atomic E-state index is 0. The van der Waals surface area contributed by atoms with Crippen molar-refractivity contribution in [1.82, 2.24) is 15.5 Å². The number of carbonyl (C=O) groups excluding carboxylic acids is 1. The lowest BCUT2D eigenvalue weighted by molar-refractivity contribution is -0.134. The van der Waals surface area contributed by atoms with Gasteiger partial charge in [0.25, 0.3) is 0 Å². The minimum Gasteiger partial charge on any atom is -0.378 e. The summed E-state index contributed by atoms with van der Waals surface area (Å²) in [6.45, 7) is 4.60. The van der Waals surface area contributed by atoms with Crippen molar-refractivity contribution in [3.63, 3.8) is 0 Å². The van der Waals surface area contributed by atoms with E-state index in [1.165, 1.54) is 38.5 Å². The summed E-state index contributed by atoms with van der Waals surface area (Å²) in [5, 5.41) is 7.30. The van der Waals surface area contributed by atoms with Gasteiger partial charge < -0.3 is 20.3 Å². The van der Waals surface area contributed by atoms with E-state index >= 15 is 0 Å². The minimum atomic E-state index is 0. The highest BCUT2D eigenvalue weighted by Crippen LogP contribution is 2.54. The summed E-state index contributed by atoms with van der Waals surface area (Å²) < 4.78 is 6.04.